The third-order valence-corrected chi connectivity index (χ3v) is 7.48. The molecule has 2 heterocycles. The fourth-order valence-corrected chi connectivity index (χ4v) is 5.32. The lowest BCUT2D eigenvalue weighted by Gasteiger charge is -2.19. The van der Waals surface area contributed by atoms with Crippen molar-refractivity contribution in [2.45, 2.75) is 20.1 Å². The zero-order chi connectivity index (χ0) is 28.0. The normalized spacial score (nSPS) is 19.5. The molecule has 0 bridgehead atoms. The van der Waals surface area contributed by atoms with Crippen LogP contribution in [-0.2, 0) is 4.79 Å². The van der Waals surface area contributed by atoms with Crippen molar-refractivity contribution in [1.82, 2.24) is 4.98 Å². The van der Waals surface area contributed by atoms with Crippen LogP contribution < -0.4 is 24.8 Å². The van der Waals surface area contributed by atoms with Crippen molar-refractivity contribution < 1.29 is 32.9 Å². The number of nitrogens with one attached hydrogen (secondary N) is 2. The summed E-state index contributed by atoms with van der Waals surface area (Å²) < 4.78 is 45.4. The molecule has 1 aliphatic heterocycles. The molecule has 0 saturated heterocycles. The Morgan fingerprint density at radius 2 is 1.70 bits per heavy atom. The van der Waals surface area contributed by atoms with Crippen LogP contribution in [0.4, 0.5) is 20.2 Å². The summed E-state index contributed by atoms with van der Waals surface area (Å²) in [6.07, 6.45) is 0.459. The van der Waals surface area contributed by atoms with Gasteiger partial charge in [0.25, 0.3) is 0 Å². The van der Waals surface area contributed by atoms with Crippen LogP contribution in [0.2, 0.25) is 0 Å². The van der Waals surface area contributed by atoms with Crippen molar-refractivity contribution in [1.29, 1.82) is 0 Å². The quantitative estimate of drug-likeness (QED) is 0.255. The second-order valence-electron chi connectivity index (χ2n) is 10.5. The number of hydrogen-bond acceptors (Lipinski definition) is 7. The van der Waals surface area contributed by atoms with Crippen LogP contribution in [0.1, 0.15) is 13.8 Å². The molecule has 4 aromatic rings. The van der Waals surface area contributed by atoms with Gasteiger partial charge < -0.3 is 30.0 Å². The molecular formula is C30H27F2N3O5. The van der Waals surface area contributed by atoms with Crippen molar-refractivity contribution in [2.24, 2.45) is 17.3 Å². The highest BCUT2D eigenvalue weighted by Gasteiger charge is 2.64. The molecule has 206 valence electrons. The van der Waals surface area contributed by atoms with Gasteiger partial charge in [-0.05, 0) is 53.9 Å². The zero-order valence-electron chi connectivity index (χ0n) is 21.8. The van der Waals surface area contributed by atoms with Crippen molar-refractivity contribution in [3.05, 3.63) is 78.5 Å². The van der Waals surface area contributed by atoms with Gasteiger partial charge in [0.1, 0.15) is 31.0 Å². The number of carbonyl (C=O) groups excluding carboxylic acids is 1. The number of carbonyl (C=O) groups is 1. The molecule has 1 fully saturated rings. The maximum absolute atomic E-state index is 15.1. The van der Waals surface area contributed by atoms with Gasteiger partial charge in [0, 0.05) is 41.0 Å². The van der Waals surface area contributed by atoms with E-state index in [0.717, 1.165) is 0 Å². The molecule has 2 aliphatic rings. The minimum absolute atomic E-state index is 0.00858. The van der Waals surface area contributed by atoms with E-state index in [-0.39, 0.29) is 11.7 Å². The van der Waals surface area contributed by atoms with Gasteiger partial charge in [-0.1, -0.05) is 13.8 Å². The van der Waals surface area contributed by atoms with Gasteiger partial charge in [-0.3, -0.25) is 9.78 Å². The van der Waals surface area contributed by atoms with Crippen molar-refractivity contribution >= 4 is 28.2 Å². The Kier molecular flexibility index (Phi) is 6.42. The Balaban J connectivity index is 1.14. The SMILES string of the molecule is CC1(C)[C@H](C(=O)Nc2ccc(F)cc2)[C@@H]1C(O)Nc1ccc(Oc2ccnc3cc4c(cc23)OCCO4)c(F)c1. The molecular weight excluding hydrogens is 520 g/mol. The van der Waals surface area contributed by atoms with Gasteiger partial charge >= 0.3 is 0 Å². The van der Waals surface area contributed by atoms with E-state index in [1.165, 1.54) is 36.4 Å². The molecule has 1 saturated carbocycles. The lowest BCUT2D eigenvalue weighted by Crippen LogP contribution is -2.25. The topological polar surface area (TPSA) is 102 Å². The summed E-state index contributed by atoms with van der Waals surface area (Å²) in [5.74, 6) is -0.679. The summed E-state index contributed by atoms with van der Waals surface area (Å²) in [4.78, 5) is 17.2. The fourth-order valence-electron chi connectivity index (χ4n) is 5.32. The number of benzene rings is 3. The van der Waals surface area contributed by atoms with Crippen LogP contribution in [-0.4, -0.2) is 35.4 Å². The number of anilines is 2. The van der Waals surface area contributed by atoms with Crippen molar-refractivity contribution in [3.8, 4) is 23.0 Å². The van der Waals surface area contributed by atoms with Gasteiger partial charge in [0.05, 0.1) is 11.4 Å². The maximum Gasteiger partial charge on any atom is 0.228 e. The molecule has 0 spiro atoms. The number of nitrogens with zero attached hydrogens (tertiary/aromatic N) is 1. The van der Waals surface area contributed by atoms with Crippen molar-refractivity contribution in [2.75, 3.05) is 23.8 Å². The predicted molar refractivity (Wildman–Crippen MR) is 145 cm³/mol. The largest absolute Gasteiger partial charge is 0.486 e. The number of rotatable bonds is 7. The number of hydrogen-bond donors (Lipinski definition) is 3. The molecule has 1 amide bonds. The maximum atomic E-state index is 15.1. The van der Waals surface area contributed by atoms with E-state index >= 15 is 4.39 Å². The molecule has 1 aromatic heterocycles. The highest BCUT2D eigenvalue weighted by Crippen LogP contribution is 2.60. The first-order valence-corrected chi connectivity index (χ1v) is 12.9. The fraction of sp³-hybridized carbons (Fsp3) is 0.267. The van der Waals surface area contributed by atoms with E-state index in [0.29, 0.717) is 52.7 Å². The van der Waals surface area contributed by atoms with Gasteiger partial charge in [0.2, 0.25) is 5.91 Å². The van der Waals surface area contributed by atoms with Gasteiger partial charge in [-0.15, -0.1) is 0 Å². The van der Waals surface area contributed by atoms with E-state index in [4.69, 9.17) is 14.2 Å². The summed E-state index contributed by atoms with van der Waals surface area (Å²) in [7, 11) is 0. The number of aliphatic hydroxyl groups excluding tert-OH is 1. The highest BCUT2D eigenvalue weighted by molar-refractivity contribution is 5.95. The molecule has 3 N–H and O–H groups in total. The molecule has 1 aliphatic carbocycles. The molecule has 8 nitrogen and oxygen atoms in total. The molecule has 3 aromatic carbocycles. The van der Waals surface area contributed by atoms with Gasteiger partial charge in [0.15, 0.2) is 23.1 Å². The minimum Gasteiger partial charge on any atom is -0.486 e. The zero-order valence-corrected chi connectivity index (χ0v) is 21.8. The summed E-state index contributed by atoms with van der Waals surface area (Å²) in [5, 5.41) is 17.2. The summed E-state index contributed by atoms with van der Waals surface area (Å²) in [6.45, 7) is 4.64. The first-order valence-electron chi connectivity index (χ1n) is 12.9. The lowest BCUT2D eigenvalue weighted by molar-refractivity contribution is -0.118. The van der Waals surface area contributed by atoms with Crippen molar-refractivity contribution in [3.63, 3.8) is 0 Å². The van der Waals surface area contributed by atoms with E-state index in [1.54, 1.807) is 30.5 Å². The average Bonchev–Trinajstić information content (AvgIpc) is 3.52. The molecule has 10 heteroatoms. The Morgan fingerprint density at radius 1 is 1.00 bits per heavy atom. The Hall–Kier alpha value is -4.44. The monoisotopic (exact) mass is 547 g/mol. The minimum atomic E-state index is -1.11. The molecule has 0 radical (unpaired) electrons. The number of aromatic nitrogens is 1. The number of pyridine rings is 1. The average molecular weight is 548 g/mol. The lowest BCUT2D eigenvalue weighted by atomic mass is 10.1. The summed E-state index contributed by atoms with van der Waals surface area (Å²) >= 11 is 0. The Bertz CT molecular complexity index is 1590. The van der Waals surface area contributed by atoms with Crippen LogP contribution in [0.15, 0.2) is 66.9 Å². The summed E-state index contributed by atoms with van der Waals surface area (Å²) in [6, 6.07) is 14.9. The number of aliphatic hydroxyl groups is 1. The van der Waals surface area contributed by atoms with E-state index < -0.39 is 35.1 Å². The van der Waals surface area contributed by atoms with E-state index in [2.05, 4.69) is 15.6 Å². The van der Waals surface area contributed by atoms with Gasteiger partial charge in [-0.2, -0.15) is 0 Å². The second-order valence-corrected chi connectivity index (χ2v) is 10.5. The molecule has 6 rings (SSSR count). The van der Waals surface area contributed by atoms with Crippen LogP contribution in [0.5, 0.6) is 23.0 Å². The molecule has 3 atom stereocenters. The summed E-state index contributed by atoms with van der Waals surface area (Å²) in [5.41, 5.74) is 0.912. The van der Waals surface area contributed by atoms with Gasteiger partial charge in [-0.25, -0.2) is 8.78 Å². The van der Waals surface area contributed by atoms with E-state index in [1.807, 2.05) is 13.8 Å². The number of ether oxygens (including phenoxy) is 3. The predicted octanol–water partition coefficient (Wildman–Crippen LogP) is 5.72. The molecule has 40 heavy (non-hydrogen) atoms. The Morgan fingerprint density at radius 3 is 2.42 bits per heavy atom. The molecule has 1 unspecified atom stereocenters. The Labute approximate surface area is 228 Å². The second kappa shape index (κ2) is 9.95. The highest BCUT2D eigenvalue weighted by atomic mass is 19.1. The third kappa shape index (κ3) is 4.86. The third-order valence-electron chi connectivity index (χ3n) is 7.48. The number of amides is 1. The first kappa shape index (κ1) is 25.8. The smallest absolute Gasteiger partial charge is 0.228 e. The number of fused-ring (bicyclic) bond motifs is 2. The van der Waals surface area contributed by atoms with E-state index in [9.17, 15) is 14.3 Å². The van der Waals surface area contributed by atoms with Crippen LogP contribution in [0, 0.1) is 28.9 Å². The van der Waals surface area contributed by atoms with Crippen LogP contribution >= 0.6 is 0 Å². The number of halogens is 2. The van der Waals surface area contributed by atoms with Crippen LogP contribution in [0.3, 0.4) is 0 Å². The van der Waals surface area contributed by atoms with Crippen LogP contribution in [0.25, 0.3) is 10.9 Å². The standard InChI is InChI=1S/C30H27F2N3O5/c1-30(2)26(28(36)34-17-5-3-16(31)4-6-17)27(30)29(37)35-18-7-8-23(20(32)13-18)40-22-9-10-33-21-15-25-24(14-19(21)22)38-11-12-39-25/h3-10,13-15,26-27,29,35,37H,11-12H2,1-2H3,(H,34,36)/t26-,27+,29?/m0/s1. The first-order chi connectivity index (χ1) is 19.2.